The van der Waals surface area contributed by atoms with Crippen molar-refractivity contribution in [1.29, 1.82) is 0 Å². The molecule has 2 rings (SSSR count). The van der Waals surface area contributed by atoms with E-state index in [2.05, 4.69) is 38.0 Å². The highest BCUT2D eigenvalue weighted by Gasteiger charge is 2.40. The summed E-state index contributed by atoms with van der Waals surface area (Å²) in [7, 11) is 0. The Bertz CT molecular complexity index is 451. The molecule has 0 aromatic heterocycles. The van der Waals surface area contributed by atoms with Crippen LogP contribution in [0.2, 0.25) is 0 Å². The van der Waals surface area contributed by atoms with Gasteiger partial charge in [-0.3, -0.25) is 9.79 Å². The lowest BCUT2D eigenvalue weighted by Gasteiger charge is -2.37. The van der Waals surface area contributed by atoms with Crippen molar-refractivity contribution < 1.29 is 9.90 Å². The van der Waals surface area contributed by atoms with E-state index in [1.807, 2.05) is 0 Å². The fourth-order valence-corrected chi connectivity index (χ4v) is 2.70. The van der Waals surface area contributed by atoms with Crippen LogP contribution in [-0.4, -0.2) is 29.3 Å². The molecule has 0 fully saturated rings. The lowest BCUT2D eigenvalue weighted by molar-refractivity contribution is -0.119. The summed E-state index contributed by atoms with van der Waals surface area (Å²) in [5.41, 5.74) is 0.274. The number of allylic oxidation sites excluding steroid dienone is 1. The normalized spacial score (nSPS) is 32.4. The van der Waals surface area contributed by atoms with Gasteiger partial charge >= 0.3 is 0 Å². The molecule has 2 unspecified atom stereocenters. The van der Waals surface area contributed by atoms with Gasteiger partial charge in [-0.15, -0.1) is 0 Å². The predicted molar refractivity (Wildman–Crippen MR) is 76.4 cm³/mol. The first-order chi connectivity index (χ1) is 8.83. The topological polar surface area (TPSA) is 61.7 Å². The summed E-state index contributed by atoms with van der Waals surface area (Å²) < 4.78 is 0. The number of Topliss-reactive ketones (excluding diaryl/α,β-unsaturated/α-hetero) is 1. The summed E-state index contributed by atoms with van der Waals surface area (Å²) in [6.45, 7) is 9.06. The number of hydrogen-bond donors (Lipinski definition) is 2. The third-order valence-corrected chi connectivity index (χ3v) is 4.55. The van der Waals surface area contributed by atoms with Crippen LogP contribution in [0, 0.1) is 11.3 Å². The van der Waals surface area contributed by atoms with Crippen molar-refractivity contribution in [1.82, 2.24) is 5.32 Å². The summed E-state index contributed by atoms with van der Waals surface area (Å²) in [5, 5.41) is 13.5. The number of amidine groups is 1. The van der Waals surface area contributed by atoms with Gasteiger partial charge in [0.1, 0.15) is 11.6 Å². The second-order valence-corrected chi connectivity index (χ2v) is 6.47. The monoisotopic (exact) mass is 264 g/mol. The van der Waals surface area contributed by atoms with E-state index in [-0.39, 0.29) is 17.0 Å². The molecule has 0 aromatic rings. The SMILES string of the molecule is CC1CCN=C(C2=C(O)CC(C)(C(C)C)CC2=O)N1. The molecule has 2 N–H and O–H groups in total. The molecule has 4 heteroatoms. The Hall–Kier alpha value is -1.32. The van der Waals surface area contributed by atoms with E-state index < -0.39 is 0 Å². The van der Waals surface area contributed by atoms with Gasteiger partial charge in [-0.25, -0.2) is 0 Å². The van der Waals surface area contributed by atoms with Crippen LogP contribution in [0.5, 0.6) is 0 Å². The summed E-state index contributed by atoms with van der Waals surface area (Å²) in [6.07, 6.45) is 2.01. The van der Waals surface area contributed by atoms with Crippen molar-refractivity contribution in [2.24, 2.45) is 16.3 Å². The highest BCUT2D eigenvalue weighted by atomic mass is 16.3. The first kappa shape index (κ1) is 14.1. The zero-order valence-corrected chi connectivity index (χ0v) is 12.3. The van der Waals surface area contributed by atoms with Crippen molar-refractivity contribution >= 4 is 11.6 Å². The minimum absolute atomic E-state index is 0.0142. The van der Waals surface area contributed by atoms with E-state index in [0.717, 1.165) is 13.0 Å². The Morgan fingerprint density at radius 3 is 2.63 bits per heavy atom. The number of hydrogen-bond acceptors (Lipinski definition) is 4. The Labute approximate surface area is 115 Å². The second-order valence-electron chi connectivity index (χ2n) is 6.47. The fraction of sp³-hybridized carbons (Fsp3) is 0.733. The molecule has 0 saturated carbocycles. The quantitative estimate of drug-likeness (QED) is 0.806. The van der Waals surface area contributed by atoms with Crippen molar-refractivity contribution in [3.05, 3.63) is 11.3 Å². The molecule has 1 heterocycles. The Kier molecular flexibility index (Phi) is 3.70. The van der Waals surface area contributed by atoms with Gasteiger partial charge in [-0.1, -0.05) is 20.8 Å². The molecular formula is C15H24N2O2. The average Bonchev–Trinajstić information content (AvgIpc) is 2.27. The van der Waals surface area contributed by atoms with Gasteiger partial charge < -0.3 is 10.4 Å². The lowest BCUT2D eigenvalue weighted by Crippen LogP contribution is -2.43. The number of aliphatic hydroxyl groups is 1. The molecule has 0 aromatic carbocycles. The molecule has 2 aliphatic rings. The highest BCUT2D eigenvalue weighted by Crippen LogP contribution is 2.42. The Balaban J connectivity index is 2.31. The van der Waals surface area contributed by atoms with Crippen LogP contribution >= 0.6 is 0 Å². The number of nitrogens with zero attached hydrogens (tertiary/aromatic N) is 1. The van der Waals surface area contributed by atoms with Crippen LogP contribution in [0.25, 0.3) is 0 Å². The minimum Gasteiger partial charge on any atom is -0.511 e. The van der Waals surface area contributed by atoms with Gasteiger partial charge in [0.2, 0.25) is 0 Å². The van der Waals surface area contributed by atoms with Crippen LogP contribution in [0.4, 0.5) is 0 Å². The van der Waals surface area contributed by atoms with Gasteiger partial charge in [-0.2, -0.15) is 0 Å². The number of rotatable bonds is 2. The van der Waals surface area contributed by atoms with Crippen LogP contribution in [0.1, 0.15) is 47.0 Å². The van der Waals surface area contributed by atoms with Crippen LogP contribution in [0.15, 0.2) is 16.3 Å². The molecule has 1 aliphatic heterocycles. The van der Waals surface area contributed by atoms with Crippen LogP contribution < -0.4 is 5.32 Å². The number of nitrogens with one attached hydrogen (secondary N) is 1. The molecule has 0 saturated heterocycles. The van der Waals surface area contributed by atoms with E-state index in [4.69, 9.17) is 0 Å². The van der Waals surface area contributed by atoms with Crippen molar-refractivity contribution in [3.63, 3.8) is 0 Å². The number of aliphatic imine (C=N–C) groups is 1. The Morgan fingerprint density at radius 1 is 1.42 bits per heavy atom. The molecule has 0 bridgehead atoms. The van der Waals surface area contributed by atoms with Gasteiger partial charge in [0.15, 0.2) is 5.78 Å². The molecule has 4 nitrogen and oxygen atoms in total. The van der Waals surface area contributed by atoms with E-state index in [0.29, 0.717) is 36.2 Å². The number of carbonyl (C=O) groups is 1. The smallest absolute Gasteiger partial charge is 0.170 e. The zero-order chi connectivity index (χ0) is 14.2. The third-order valence-electron chi connectivity index (χ3n) is 4.55. The second kappa shape index (κ2) is 4.99. The van der Waals surface area contributed by atoms with Crippen LogP contribution in [0.3, 0.4) is 0 Å². The largest absolute Gasteiger partial charge is 0.511 e. The first-order valence-electron chi connectivity index (χ1n) is 7.10. The maximum absolute atomic E-state index is 12.4. The third kappa shape index (κ3) is 2.67. The van der Waals surface area contributed by atoms with E-state index in [1.165, 1.54) is 0 Å². The van der Waals surface area contributed by atoms with Crippen molar-refractivity contribution in [2.75, 3.05) is 6.54 Å². The molecule has 1 aliphatic carbocycles. The van der Waals surface area contributed by atoms with E-state index in [1.54, 1.807) is 0 Å². The molecule has 0 radical (unpaired) electrons. The molecule has 19 heavy (non-hydrogen) atoms. The highest BCUT2D eigenvalue weighted by molar-refractivity contribution is 6.22. The molecule has 0 spiro atoms. The summed E-state index contributed by atoms with van der Waals surface area (Å²) in [6, 6.07) is 0.305. The lowest BCUT2D eigenvalue weighted by atomic mass is 9.68. The van der Waals surface area contributed by atoms with Crippen LogP contribution in [-0.2, 0) is 4.79 Å². The molecule has 2 atom stereocenters. The predicted octanol–water partition coefficient (Wildman–Crippen LogP) is 2.60. The maximum Gasteiger partial charge on any atom is 0.170 e. The van der Waals surface area contributed by atoms with Gasteiger partial charge in [0.05, 0.1) is 5.57 Å². The van der Waals surface area contributed by atoms with E-state index >= 15 is 0 Å². The molecule has 106 valence electrons. The average molecular weight is 264 g/mol. The minimum atomic E-state index is -0.147. The standard InChI is InChI=1S/C15H24N2O2/c1-9(2)15(4)7-11(18)13(12(19)8-15)14-16-6-5-10(3)17-14/h9-10,18H,5-8H2,1-4H3,(H,16,17). The first-order valence-corrected chi connectivity index (χ1v) is 7.10. The fourth-order valence-electron chi connectivity index (χ4n) is 2.70. The molecule has 0 amide bonds. The van der Waals surface area contributed by atoms with Crippen molar-refractivity contribution in [3.8, 4) is 0 Å². The van der Waals surface area contributed by atoms with Gasteiger partial charge in [0, 0.05) is 25.4 Å². The van der Waals surface area contributed by atoms with Gasteiger partial charge in [0.25, 0.3) is 0 Å². The van der Waals surface area contributed by atoms with E-state index in [9.17, 15) is 9.90 Å². The number of carbonyl (C=O) groups excluding carboxylic acids is 1. The molecular weight excluding hydrogens is 240 g/mol. The zero-order valence-electron chi connectivity index (χ0n) is 12.3. The summed E-state index contributed by atoms with van der Waals surface area (Å²) in [5.74, 6) is 1.17. The summed E-state index contributed by atoms with van der Waals surface area (Å²) in [4.78, 5) is 16.8. The maximum atomic E-state index is 12.4. The Morgan fingerprint density at radius 2 is 2.11 bits per heavy atom. The van der Waals surface area contributed by atoms with Crippen molar-refractivity contribution in [2.45, 2.75) is 53.0 Å². The summed E-state index contributed by atoms with van der Waals surface area (Å²) >= 11 is 0. The number of ketones is 1. The van der Waals surface area contributed by atoms with Gasteiger partial charge in [-0.05, 0) is 24.7 Å². The number of aliphatic hydroxyl groups excluding tert-OH is 1.